The van der Waals surface area contributed by atoms with Gasteiger partial charge < -0.3 is 10.4 Å². The molecule has 1 aliphatic rings. The number of aliphatic carboxylic acids is 1. The summed E-state index contributed by atoms with van der Waals surface area (Å²) in [5, 5.41) is 16.1. The van der Waals surface area contributed by atoms with Crippen LogP contribution in [0, 0.1) is 11.8 Å². The summed E-state index contributed by atoms with van der Waals surface area (Å²) < 4.78 is 23.8. The summed E-state index contributed by atoms with van der Waals surface area (Å²) in [6, 6.07) is 5.95. The number of rotatable bonds is 5. The highest BCUT2D eigenvalue weighted by Gasteiger charge is 2.48. The first-order valence-corrected chi connectivity index (χ1v) is 7.25. The molecule has 0 saturated heterocycles. The number of amides is 1. The van der Waals surface area contributed by atoms with E-state index in [1.807, 2.05) is 0 Å². The van der Waals surface area contributed by atoms with E-state index in [-0.39, 0.29) is 5.69 Å². The first kappa shape index (κ1) is 14.3. The molecule has 1 aliphatic carbocycles. The van der Waals surface area contributed by atoms with Gasteiger partial charge in [-0.3, -0.25) is 14.3 Å². The topological polar surface area (TPSA) is 139 Å². The van der Waals surface area contributed by atoms with E-state index >= 15 is 0 Å². The SMILES string of the molecule is NS(=O)(=O)Nc1cccc(NC(=O)C2CC2C(=O)O)c1. The molecule has 0 spiro atoms. The molecule has 1 fully saturated rings. The average Bonchev–Trinajstić information content (AvgIpc) is 3.06. The van der Waals surface area contributed by atoms with Crippen LogP contribution >= 0.6 is 0 Å². The summed E-state index contributed by atoms with van der Waals surface area (Å²) in [4.78, 5) is 22.4. The van der Waals surface area contributed by atoms with E-state index in [2.05, 4.69) is 10.0 Å². The molecular weight excluding hydrogens is 286 g/mol. The minimum absolute atomic E-state index is 0.205. The zero-order valence-electron chi connectivity index (χ0n) is 10.2. The van der Waals surface area contributed by atoms with Crippen molar-refractivity contribution in [3.8, 4) is 0 Å². The molecule has 8 nitrogen and oxygen atoms in total. The molecule has 0 aliphatic heterocycles. The quantitative estimate of drug-likeness (QED) is 0.604. The largest absolute Gasteiger partial charge is 0.481 e. The van der Waals surface area contributed by atoms with Crippen molar-refractivity contribution in [3.63, 3.8) is 0 Å². The second-order valence-electron chi connectivity index (χ2n) is 4.50. The van der Waals surface area contributed by atoms with Crippen LogP contribution < -0.4 is 15.2 Å². The van der Waals surface area contributed by atoms with Crippen molar-refractivity contribution in [1.82, 2.24) is 0 Å². The lowest BCUT2D eigenvalue weighted by Gasteiger charge is -2.07. The molecule has 2 unspecified atom stereocenters. The van der Waals surface area contributed by atoms with Gasteiger partial charge in [-0.25, -0.2) is 5.14 Å². The molecule has 0 heterocycles. The molecule has 0 radical (unpaired) electrons. The standard InChI is InChI=1S/C11H13N3O5S/c12-20(18,19)14-7-3-1-2-6(4-7)13-10(15)8-5-9(8)11(16)17/h1-4,8-9,14H,5H2,(H,13,15)(H,16,17)(H2,12,18,19). The maximum atomic E-state index is 11.7. The summed E-state index contributed by atoms with van der Waals surface area (Å²) in [5.41, 5.74) is 0.565. The number of carboxylic acids is 1. The second kappa shape index (κ2) is 5.10. The van der Waals surface area contributed by atoms with Gasteiger partial charge in [-0.15, -0.1) is 0 Å². The maximum Gasteiger partial charge on any atom is 0.307 e. The summed E-state index contributed by atoms with van der Waals surface area (Å²) >= 11 is 0. The van der Waals surface area contributed by atoms with Gasteiger partial charge in [-0.2, -0.15) is 8.42 Å². The Labute approximate surface area is 115 Å². The minimum atomic E-state index is -3.89. The number of anilines is 2. The summed E-state index contributed by atoms with van der Waals surface area (Å²) in [5.74, 6) is -2.57. The molecule has 9 heteroatoms. The van der Waals surface area contributed by atoms with E-state index in [0.717, 1.165) is 0 Å². The van der Waals surface area contributed by atoms with Gasteiger partial charge in [0.05, 0.1) is 17.5 Å². The summed E-state index contributed by atoms with van der Waals surface area (Å²) in [7, 11) is -3.89. The maximum absolute atomic E-state index is 11.7. The highest BCUT2D eigenvalue weighted by molar-refractivity contribution is 7.90. The Morgan fingerprint density at radius 2 is 1.90 bits per heavy atom. The Balaban J connectivity index is 2.02. The number of hydrogen-bond acceptors (Lipinski definition) is 4. The third kappa shape index (κ3) is 3.68. The molecule has 0 aromatic heterocycles. The van der Waals surface area contributed by atoms with Crippen LogP contribution in [-0.4, -0.2) is 25.4 Å². The van der Waals surface area contributed by atoms with E-state index in [4.69, 9.17) is 10.2 Å². The van der Waals surface area contributed by atoms with Crippen LogP contribution in [0.25, 0.3) is 0 Å². The van der Waals surface area contributed by atoms with Crippen LogP contribution in [0.4, 0.5) is 11.4 Å². The average molecular weight is 299 g/mol. The summed E-state index contributed by atoms with van der Waals surface area (Å²) in [6.45, 7) is 0. The highest BCUT2D eigenvalue weighted by atomic mass is 32.2. The number of carbonyl (C=O) groups is 2. The molecule has 2 atom stereocenters. The monoisotopic (exact) mass is 299 g/mol. The number of hydrogen-bond donors (Lipinski definition) is 4. The third-order valence-electron chi connectivity index (χ3n) is 2.83. The van der Waals surface area contributed by atoms with E-state index in [1.54, 1.807) is 6.07 Å². The van der Waals surface area contributed by atoms with Gasteiger partial charge >= 0.3 is 5.97 Å². The first-order chi connectivity index (χ1) is 9.26. The van der Waals surface area contributed by atoms with E-state index in [1.165, 1.54) is 18.2 Å². The van der Waals surface area contributed by atoms with Gasteiger partial charge in [0.2, 0.25) is 5.91 Å². The van der Waals surface area contributed by atoms with Crippen molar-refractivity contribution in [2.45, 2.75) is 6.42 Å². The van der Waals surface area contributed by atoms with Gasteiger partial charge in [0.1, 0.15) is 0 Å². The molecule has 1 aromatic carbocycles. The Morgan fingerprint density at radius 3 is 2.45 bits per heavy atom. The van der Waals surface area contributed by atoms with E-state index < -0.39 is 33.9 Å². The number of benzene rings is 1. The van der Waals surface area contributed by atoms with Crippen molar-refractivity contribution in [2.24, 2.45) is 17.0 Å². The first-order valence-electron chi connectivity index (χ1n) is 5.70. The van der Waals surface area contributed by atoms with Crippen molar-refractivity contribution in [1.29, 1.82) is 0 Å². The van der Waals surface area contributed by atoms with Gasteiger partial charge in [0, 0.05) is 5.69 Å². The second-order valence-corrected chi connectivity index (χ2v) is 5.80. The number of carboxylic acid groups (broad SMARTS) is 1. The van der Waals surface area contributed by atoms with Crippen molar-refractivity contribution >= 4 is 33.5 Å². The van der Waals surface area contributed by atoms with E-state index in [9.17, 15) is 18.0 Å². The molecule has 5 N–H and O–H groups in total. The van der Waals surface area contributed by atoms with Crippen LogP contribution in [0.15, 0.2) is 24.3 Å². The lowest BCUT2D eigenvalue weighted by atomic mass is 10.2. The zero-order chi connectivity index (χ0) is 14.9. The predicted molar refractivity (Wildman–Crippen MR) is 71.0 cm³/mol. The fourth-order valence-corrected chi connectivity index (χ4v) is 2.27. The molecule has 1 amide bonds. The predicted octanol–water partition coefficient (Wildman–Crippen LogP) is -0.0388. The molecule has 108 valence electrons. The molecule has 1 saturated carbocycles. The van der Waals surface area contributed by atoms with Crippen LogP contribution in [-0.2, 0) is 19.8 Å². The smallest absolute Gasteiger partial charge is 0.307 e. The molecule has 20 heavy (non-hydrogen) atoms. The molecule has 2 rings (SSSR count). The highest BCUT2D eigenvalue weighted by Crippen LogP contribution is 2.39. The van der Waals surface area contributed by atoms with Gasteiger partial charge in [-0.1, -0.05) is 6.07 Å². The van der Waals surface area contributed by atoms with Crippen molar-refractivity contribution in [3.05, 3.63) is 24.3 Å². The minimum Gasteiger partial charge on any atom is -0.481 e. The van der Waals surface area contributed by atoms with Crippen LogP contribution in [0.5, 0.6) is 0 Å². The van der Waals surface area contributed by atoms with Crippen LogP contribution in [0.2, 0.25) is 0 Å². The van der Waals surface area contributed by atoms with Gasteiger partial charge in [-0.05, 0) is 24.6 Å². The number of nitrogens with two attached hydrogens (primary N) is 1. The third-order valence-corrected chi connectivity index (χ3v) is 3.35. The van der Waals surface area contributed by atoms with Crippen molar-refractivity contribution < 1.29 is 23.1 Å². The summed E-state index contributed by atoms with van der Waals surface area (Å²) in [6.07, 6.45) is 0.316. The Bertz CT molecular complexity index is 658. The lowest BCUT2D eigenvalue weighted by Crippen LogP contribution is -2.22. The normalized spacial score (nSPS) is 21.1. The van der Waals surface area contributed by atoms with Gasteiger partial charge in [0.15, 0.2) is 0 Å². The van der Waals surface area contributed by atoms with Crippen molar-refractivity contribution in [2.75, 3.05) is 10.0 Å². The van der Waals surface area contributed by atoms with Crippen LogP contribution in [0.3, 0.4) is 0 Å². The molecular formula is C11H13N3O5S. The molecule has 0 bridgehead atoms. The Morgan fingerprint density at radius 1 is 1.25 bits per heavy atom. The molecule has 1 aromatic rings. The fourth-order valence-electron chi connectivity index (χ4n) is 1.82. The lowest BCUT2D eigenvalue weighted by molar-refractivity contribution is -0.139. The Hall–Kier alpha value is -2.13. The van der Waals surface area contributed by atoms with E-state index in [0.29, 0.717) is 12.1 Å². The Kier molecular flexibility index (Phi) is 3.64. The van der Waals surface area contributed by atoms with Gasteiger partial charge in [0.25, 0.3) is 10.2 Å². The van der Waals surface area contributed by atoms with Crippen LogP contribution in [0.1, 0.15) is 6.42 Å². The number of nitrogens with one attached hydrogen (secondary N) is 2. The fraction of sp³-hybridized carbons (Fsp3) is 0.273. The zero-order valence-corrected chi connectivity index (χ0v) is 11.1. The number of carbonyl (C=O) groups excluding carboxylic acids is 1.